The molecule has 6 rings (SSSR count). The quantitative estimate of drug-likeness (QED) is 0.0852. The van der Waals surface area contributed by atoms with Gasteiger partial charge in [-0.25, -0.2) is 0 Å². The molecule has 1 heterocycles. The molecule has 0 atom stereocenters. The molecular weight excluding hydrogens is 1050 g/mol. The largest absolute Gasteiger partial charge is 0.416 e. The van der Waals surface area contributed by atoms with Crippen LogP contribution < -0.4 is 26.4 Å². The number of halogens is 24. The van der Waals surface area contributed by atoms with Gasteiger partial charge in [0.15, 0.2) is 12.2 Å². The zero-order valence-corrected chi connectivity index (χ0v) is 36.6. The van der Waals surface area contributed by atoms with E-state index in [1.54, 1.807) is 11.3 Å². The summed E-state index contributed by atoms with van der Waals surface area (Å²) < 4.78 is 343. The molecule has 0 radical (unpaired) electrons. The Hall–Kier alpha value is -5.89. The van der Waals surface area contributed by atoms with Crippen LogP contribution in [0.3, 0.4) is 0 Å². The molecule has 0 aliphatic rings. The highest BCUT2D eigenvalue weighted by Gasteiger charge is 2.47. The van der Waals surface area contributed by atoms with Gasteiger partial charge in [0, 0.05) is 11.5 Å². The highest BCUT2D eigenvalue weighted by Crippen LogP contribution is 2.41. The lowest BCUT2D eigenvalue weighted by atomic mass is 9.12. The predicted molar refractivity (Wildman–Crippen MR) is 214 cm³/mol. The molecule has 0 aliphatic heterocycles. The molecule has 0 saturated carbocycles. The van der Waals surface area contributed by atoms with Gasteiger partial charge in [0.2, 0.25) is 5.51 Å². The van der Waals surface area contributed by atoms with E-state index in [1.165, 1.54) is 11.3 Å². The summed E-state index contributed by atoms with van der Waals surface area (Å²) in [4.78, 5) is 0. The number of hydrogen-bond acceptors (Lipinski definition) is 1. The molecule has 0 amide bonds. The van der Waals surface area contributed by atoms with Crippen LogP contribution in [-0.4, -0.2) is 6.15 Å². The Morgan fingerprint density at radius 2 is 0.611 bits per heavy atom. The molecule has 5 aromatic carbocycles. The minimum absolute atomic E-state index is 0.597. The zero-order chi connectivity index (χ0) is 54.6. The molecule has 390 valence electrons. The number of aromatic nitrogens is 1. The van der Waals surface area contributed by atoms with Gasteiger partial charge in [0.1, 0.15) is 6.15 Å². The van der Waals surface area contributed by atoms with E-state index >= 15 is 0 Å². The second kappa shape index (κ2) is 19.5. The molecule has 0 unspecified atom stereocenters. The van der Waals surface area contributed by atoms with Gasteiger partial charge < -0.3 is 0 Å². The molecule has 0 aliphatic carbocycles. The summed E-state index contributed by atoms with van der Waals surface area (Å²) in [5.41, 5.74) is -25.2. The van der Waals surface area contributed by atoms with Crippen molar-refractivity contribution in [1.82, 2.24) is 0 Å². The fourth-order valence-electron chi connectivity index (χ4n) is 7.75. The lowest BCUT2D eigenvalue weighted by Crippen LogP contribution is -2.75. The Labute approximate surface area is 394 Å². The van der Waals surface area contributed by atoms with E-state index in [2.05, 4.69) is 59.6 Å². The Balaban J connectivity index is 0.000000542. The molecule has 1 nitrogen and oxygen atoms in total. The third kappa shape index (κ3) is 13.0. The van der Waals surface area contributed by atoms with E-state index < -0.39 is 195 Å². The third-order valence-corrected chi connectivity index (χ3v) is 11.7. The summed E-state index contributed by atoms with van der Waals surface area (Å²) in [7, 11) is 0. The van der Waals surface area contributed by atoms with Crippen molar-refractivity contribution < 1.29 is 110 Å². The second-order valence-corrected chi connectivity index (χ2v) is 17.0. The van der Waals surface area contributed by atoms with Crippen LogP contribution in [0.1, 0.15) is 75.5 Å². The molecular formula is C45H28BF24NS. The molecule has 1 aromatic heterocycles. The van der Waals surface area contributed by atoms with Gasteiger partial charge in [-0.05, 0) is 24.3 Å². The highest BCUT2D eigenvalue weighted by molar-refractivity contribution is 7.20. The first kappa shape index (κ1) is 57.0. The summed E-state index contributed by atoms with van der Waals surface area (Å²) in [6.45, 7) is 5.46. The van der Waals surface area contributed by atoms with Crippen molar-refractivity contribution in [3.05, 3.63) is 170 Å². The van der Waals surface area contributed by atoms with Crippen LogP contribution in [0.4, 0.5) is 105 Å². The lowest BCUT2D eigenvalue weighted by Gasteiger charge is -2.46. The molecule has 0 spiro atoms. The topological polar surface area (TPSA) is 3.88 Å². The standard InChI is InChI=1S/C32H12BF24.C13H16NS/c34-25(35,36)13-1-14(26(37,38)39)6-21(5-13)33(22-7-15(27(40,41)42)2-16(8-22)28(43,44)45,23-9-17(29(46,47)48)3-18(10-23)30(49,50)51)24-11-19(31(52,53)54)4-20(12-24)32(55,56)57;1-11(2)13-9-15-10-14(13)8-12-6-4-3-5-7-12/h1-12H;3-7,9-11H,8H2,1-2H3/q-1;+1. The Morgan fingerprint density at radius 3 is 0.819 bits per heavy atom. The fourth-order valence-corrected chi connectivity index (χ4v) is 8.70. The first-order chi connectivity index (χ1) is 32.5. The van der Waals surface area contributed by atoms with Gasteiger partial charge >= 0.3 is 49.4 Å². The molecule has 72 heavy (non-hydrogen) atoms. The van der Waals surface area contributed by atoms with E-state index in [4.69, 9.17) is 0 Å². The fraction of sp³-hybridized carbons (Fsp3) is 0.267. The number of thiazole rings is 1. The van der Waals surface area contributed by atoms with Crippen molar-refractivity contribution in [3.8, 4) is 0 Å². The molecule has 6 aromatic rings. The van der Waals surface area contributed by atoms with Crippen molar-refractivity contribution >= 4 is 39.3 Å². The number of hydrogen-bond donors (Lipinski definition) is 0. The van der Waals surface area contributed by atoms with E-state index in [-0.39, 0.29) is 0 Å². The van der Waals surface area contributed by atoms with Gasteiger partial charge in [-0.15, -0.1) is 0 Å². The van der Waals surface area contributed by atoms with E-state index in [9.17, 15) is 105 Å². The van der Waals surface area contributed by atoms with Gasteiger partial charge in [0.25, 0.3) is 0 Å². The molecule has 0 N–H and O–H groups in total. The summed E-state index contributed by atoms with van der Waals surface area (Å²) in [6.07, 6.45) is -54.8. The summed E-state index contributed by atoms with van der Waals surface area (Å²) in [6, 6.07) is 1.79. The van der Waals surface area contributed by atoms with Crippen LogP contribution in [0, 0.1) is 0 Å². The van der Waals surface area contributed by atoms with Gasteiger partial charge in [-0.3, -0.25) is 0 Å². The average Bonchev–Trinajstić information content (AvgIpc) is 3.70. The molecule has 27 heteroatoms. The molecule has 0 fully saturated rings. The first-order valence-corrected chi connectivity index (χ1v) is 20.8. The van der Waals surface area contributed by atoms with Crippen LogP contribution in [0.15, 0.2) is 114 Å². The monoisotopic (exact) mass is 1080 g/mol. The minimum atomic E-state index is -6.13. The number of alkyl halides is 24. The number of benzene rings is 5. The maximum absolute atomic E-state index is 14.2. The van der Waals surface area contributed by atoms with Crippen LogP contribution in [0.5, 0.6) is 0 Å². The average molecular weight is 1080 g/mol. The SMILES string of the molecule is CC(C)c1csc[n+]1Cc1ccccc1.FC(F)(F)c1cc([B-](c2cc(C(F)(F)F)cc(C(F)(F)F)c2)(c2cc(C(F)(F)F)cc(C(F)(F)F)c2)c2cc(C(F)(F)F)cc(C(F)(F)F)c2)cc(C(F)(F)F)c1. The van der Waals surface area contributed by atoms with Gasteiger partial charge in [0.05, 0.1) is 49.9 Å². The van der Waals surface area contributed by atoms with Crippen LogP contribution in [-0.2, 0) is 56.0 Å². The summed E-state index contributed by atoms with van der Waals surface area (Å²) >= 11 is 1.78. The minimum Gasteiger partial charge on any atom is -0.194 e. The van der Waals surface area contributed by atoms with Crippen molar-refractivity contribution in [2.45, 2.75) is 75.7 Å². The van der Waals surface area contributed by atoms with E-state index in [1.807, 2.05) is 0 Å². The maximum atomic E-state index is 14.2. The van der Waals surface area contributed by atoms with E-state index in [0.29, 0.717) is 5.92 Å². The Bertz CT molecular complexity index is 2420. The van der Waals surface area contributed by atoms with Crippen molar-refractivity contribution in [1.29, 1.82) is 0 Å². The van der Waals surface area contributed by atoms with Gasteiger partial charge in [-0.1, -0.05) is 104 Å². The number of nitrogens with zero attached hydrogens (tertiary/aromatic N) is 1. The summed E-state index contributed by atoms with van der Waals surface area (Å²) in [5.74, 6) is 0.597. The summed E-state index contributed by atoms with van der Waals surface area (Å²) in [5, 5.41) is 2.24. The smallest absolute Gasteiger partial charge is 0.194 e. The van der Waals surface area contributed by atoms with Crippen molar-refractivity contribution in [3.63, 3.8) is 0 Å². The van der Waals surface area contributed by atoms with Crippen LogP contribution in [0.25, 0.3) is 0 Å². The lowest BCUT2D eigenvalue weighted by molar-refractivity contribution is -0.691. The first-order valence-electron chi connectivity index (χ1n) is 19.9. The van der Waals surface area contributed by atoms with Crippen LogP contribution >= 0.6 is 11.3 Å². The van der Waals surface area contributed by atoms with Crippen molar-refractivity contribution in [2.24, 2.45) is 0 Å². The Kier molecular flexibility index (Phi) is 15.5. The zero-order valence-electron chi connectivity index (χ0n) is 35.8. The third-order valence-electron chi connectivity index (χ3n) is 10.9. The Morgan fingerprint density at radius 1 is 0.375 bits per heavy atom. The number of rotatable bonds is 7. The van der Waals surface area contributed by atoms with Gasteiger partial charge in [-0.2, -0.15) is 132 Å². The highest BCUT2D eigenvalue weighted by atomic mass is 32.1. The van der Waals surface area contributed by atoms with E-state index in [0.717, 1.165) is 6.54 Å². The molecule has 0 bridgehead atoms. The molecule has 0 saturated heterocycles. The predicted octanol–water partition coefficient (Wildman–Crippen LogP) is 14.4. The van der Waals surface area contributed by atoms with Crippen LogP contribution in [0.2, 0.25) is 0 Å². The normalized spacial score (nSPS) is 13.6. The maximum Gasteiger partial charge on any atom is 0.416 e. The van der Waals surface area contributed by atoms with Crippen molar-refractivity contribution in [2.75, 3.05) is 0 Å². The second-order valence-electron chi connectivity index (χ2n) is 16.3.